The Hall–Kier alpha value is -0.800. The van der Waals surface area contributed by atoms with E-state index >= 15 is 0 Å². The summed E-state index contributed by atoms with van der Waals surface area (Å²) in [6, 6.07) is 4.51. The van der Waals surface area contributed by atoms with Crippen molar-refractivity contribution in [2.45, 2.75) is 12.6 Å². The predicted molar refractivity (Wildman–Crippen MR) is 85.1 cm³/mol. The fourth-order valence-electron chi connectivity index (χ4n) is 2.04. The Bertz CT molecular complexity index is 620. The van der Waals surface area contributed by atoms with E-state index in [1.54, 1.807) is 30.1 Å². The van der Waals surface area contributed by atoms with Gasteiger partial charge < -0.3 is 4.74 Å². The SMILES string of the molecule is COCCn1ncc(Br)c1C(NN)c1ccc(Br)c(F)c1. The molecule has 0 bridgehead atoms. The summed E-state index contributed by atoms with van der Waals surface area (Å²) in [4.78, 5) is 0. The Balaban J connectivity index is 2.40. The van der Waals surface area contributed by atoms with Crippen molar-refractivity contribution in [2.24, 2.45) is 5.84 Å². The molecule has 1 atom stereocenters. The summed E-state index contributed by atoms with van der Waals surface area (Å²) in [5, 5.41) is 4.28. The molecule has 1 aromatic heterocycles. The smallest absolute Gasteiger partial charge is 0.137 e. The number of hydrogen-bond donors (Lipinski definition) is 2. The predicted octanol–water partition coefficient (Wildman–Crippen LogP) is 2.75. The monoisotopic (exact) mass is 420 g/mol. The van der Waals surface area contributed by atoms with E-state index in [0.717, 1.165) is 10.2 Å². The third kappa shape index (κ3) is 3.70. The van der Waals surface area contributed by atoms with Crippen LogP contribution < -0.4 is 11.3 Å². The van der Waals surface area contributed by atoms with E-state index < -0.39 is 0 Å². The van der Waals surface area contributed by atoms with Gasteiger partial charge in [0.05, 0.1) is 40.0 Å². The molecule has 0 aliphatic carbocycles. The van der Waals surface area contributed by atoms with Gasteiger partial charge in [-0.1, -0.05) is 6.07 Å². The average Bonchev–Trinajstić information content (AvgIpc) is 2.83. The standard InChI is InChI=1S/C13H15Br2FN4O/c1-21-5-4-20-13(10(15)7-18-20)12(19-17)8-2-3-9(14)11(16)6-8/h2-3,6-7,12,19H,4-5,17H2,1H3. The second kappa shape index (κ2) is 7.46. The van der Waals surface area contributed by atoms with Crippen LogP contribution in [-0.2, 0) is 11.3 Å². The van der Waals surface area contributed by atoms with E-state index in [-0.39, 0.29) is 11.9 Å². The van der Waals surface area contributed by atoms with E-state index in [9.17, 15) is 4.39 Å². The lowest BCUT2D eigenvalue weighted by Crippen LogP contribution is -2.31. The molecule has 21 heavy (non-hydrogen) atoms. The highest BCUT2D eigenvalue weighted by atomic mass is 79.9. The summed E-state index contributed by atoms with van der Waals surface area (Å²) in [7, 11) is 1.63. The maximum atomic E-state index is 13.8. The van der Waals surface area contributed by atoms with Crippen molar-refractivity contribution < 1.29 is 9.13 Å². The Kier molecular flexibility index (Phi) is 5.88. The molecule has 0 spiro atoms. The van der Waals surface area contributed by atoms with Crippen LogP contribution in [-0.4, -0.2) is 23.5 Å². The molecule has 0 aliphatic heterocycles. The molecule has 1 heterocycles. The van der Waals surface area contributed by atoms with Crippen LogP contribution in [0.5, 0.6) is 0 Å². The molecule has 0 radical (unpaired) electrons. The fraction of sp³-hybridized carbons (Fsp3) is 0.308. The first kappa shape index (κ1) is 16.6. The van der Waals surface area contributed by atoms with Crippen LogP contribution >= 0.6 is 31.9 Å². The van der Waals surface area contributed by atoms with Crippen molar-refractivity contribution >= 4 is 31.9 Å². The normalized spacial score (nSPS) is 12.6. The van der Waals surface area contributed by atoms with Crippen LogP contribution in [0.1, 0.15) is 17.3 Å². The first-order chi connectivity index (χ1) is 10.1. The molecule has 5 nitrogen and oxygen atoms in total. The Morgan fingerprint density at radius 3 is 2.81 bits per heavy atom. The fourth-order valence-corrected chi connectivity index (χ4v) is 2.81. The lowest BCUT2D eigenvalue weighted by molar-refractivity contribution is 0.182. The van der Waals surface area contributed by atoms with Gasteiger partial charge in [-0.2, -0.15) is 5.10 Å². The Labute approximate surface area is 138 Å². The van der Waals surface area contributed by atoms with E-state index in [4.69, 9.17) is 10.6 Å². The molecular weight excluding hydrogens is 407 g/mol. The first-order valence-electron chi connectivity index (χ1n) is 6.19. The second-order valence-electron chi connectivity index (χ2n) is 4.37. The highest BCUT2D eigenvalue weighted by Gasteiger charge is 2.21. The molecule has 1 unspecified atom stereocenters. The van der Waals surface area contributed by atoms with Crippen molar-refractivity contribution in [3.8, 4) is 0 Å². The molecule has 0 aliphatic rings. The quantitative estimate of drug-likeness (QED) is 0.556. The highest BCUT2D eigenvalue weighted by Crippen LogP contribution is 2.29. The van der Waals surface area contributed by atoms with Gasteiger partial charge in [0.2, 0.25) is 0 Å². The molecular formula is C13H15Br2FN4O. The topological polar surface area (TPSA) is 65.1 Å². The number of halogens is 3. The lowest BCUT2D eigenvalue weighted by atomic mass is 10.0. The van der Waals surface area contributed by atoms with Crippen LogP contribution in [0.15, 0.2) is 33.3 Å². The van der Waals surface area contributed by atoms with Gasteiger partial charge in [0.15, 0.2) is 0 Å². The minimum Gasteiger partial charge on any atom is -0.383 e. The molecule has 0 saturated heterocycles. The van der Waals surface area contributed by atoms with Crippen LogP contribution in [0, 0.1) is 5.82 Å². The zero-order chi connectivity index (χ0) is 15.4. The summed E-state index contributed by atoms with van der Waals surface area (Å²) >= 11 is 6.60. The van der Waals surface area contributed by atoms with Crippen molar-refractivity contribution in [1.82, 2.24) is 15.2 Å². The van der Waals surface area contributed by atoms with Crippen molar-refractivity contribution in [3.05, 3.63) is 50.4 Å². The maximum absolute atomic E-state index is 13.8. The summed E-state index contributed by atoms with van der Waals surface area (Å²) in [5.41, 5.74) is 4.23. The molecule has 0 amide bonds. The van der Waals surface area contributed by atoms with Gasteiger partial charge in [-0.15, -0.1) is 0 Å². The molecule has 0 fully saturated rings. The lowest BCUT2D eigenvalue weighted by Gasteiger charge is -2.19. The van der Waals surface area contributed by atoms with E-state index in [1.165, 1.54) is 6.07 Å². The summed E-state index contributed by atoms with van der Waals surface area (Å²) < 4.78 is 21.8. The average molecular weight is 422 g/mol. The van der Waals surface area contributed by atoms with Crippen LogP contribution in [0.25, 0.3) is 0 Å². The van der Waals surface area contributed by atoms with Crippen molar-refractivity contribution in [3.63, 3.8) is 0 Å². The molecule has 2 aromatic rings. The minimum absolute atomic E-state index is 0.341. The second-order valence-corrected chi connectivity index (χ2v) is 6.08. The van der Waals surface area contributed by atoms with E-state index in [0.29, 0.717) is 23.2 Å². The number of rotatable bonds is 6. The third-order valence-corrected chi connectivity index (χ3v) is 4.31. The van der Waals surface area contributed by atoms with Gasteiger partial charge in [0, 0.05) is 7.11 Å². The molecule has 1 aromatic carbocycles. The van der Waals surface area contributed by atoms with Gasteiger partial charge in [-0.3, -0.25) is 10.5 Å². The first-order valence-corrected chi connectivity index (χ1v) is 7.78. The maximum Gasteiger partial charge on any atom is 0.137 e. The van der Waals surface area contributed by atoms with Crippen molar-refractivity contribution in [1.29, 1.82) is 0 Å². The van der Waals surface area contributed by atoms with Crippen molar-refractivity contribution in [2.75, 3.05) is 13.7 Å². The number of hydrazine groups is 1. The highest BCUT2D eigenvalue weighted by molar-refractivity contribution is 9.10. The molecule has 0 saturated carbocycles. The summed E-state index contributed by atoms with van der Waals surface area (Å²) in [6.45, 7) is 1.10. The Morgan fingerprint density at radius 1 is 1.43 bits per heavy atom. The number of ether oxygens (including phenoxy) is 1. The number of aromatic nitrogens is 2. The largest absolute Gasteiger partial charge is 0.383 e. The van der Waals surface area contributed by atoms with Gasteiger partial charge >= 0.3 is 0 Å². The molecule has 3 N–H and O–H groups in total. The molecule has 2 rings (SSSR count). The zero-order valence-corrected chi connectivity index (χ0v) is 14.5. The van der Waals surface area contributed by atoms with Gasteiger partial charge in [0.25, 0.3) is 0 Å². The number of nitrogens with one attached hydrogen (secondary N) is 1. The summed E-state index contributed by atoms with van der Waals surface area (Å²) in [6.07, 6.45) is 1.69. The number of nitrogens with zero attached hydrogens (tertiary/aromatic N) is 2. The number of hydrogen-bond acceptors (Lipinski definition) is 4. The minimum atomic E-state index is -0.388. The number of nitrogens with two attached hydrogens (primary N) is 1. The van der Waals surface area contributed by atoms with E-state index in [1.807, 2.05) is 0 Å². The van der Waals surface area contributed by atoms with Crippen LogP contribution in [0.3, 0.4) is 0 Å². The summed E-state index contributed by atoms with van der Waals surface area (Å²) in [5.74, 6) is 5.33. The van der Waals surface area contributed by atoms with Crippen LogP contribution in [0.4, 0.5) is 4.39 Å². The Morgan fingerprint density at radius 2 is 2.19 bits per heavy atom. The van der Waals surface area contributed by atoms with E-state index in [2.05, 4.69) is 42.4 Å². The van der Waals surface area contributed by atoms with Gasteiger partial charge in [0.1, 0.15) is 5.82 Å². The number of benzene rings is 1. The molecule has 114 valence electrons. The van der Waals surface area contributed by atoms with Gasteiger partial charge in [-0.25, -0.2) is 9.82 Å². The van der Waals surface area contributed by atoms with Gasteiger partial charge in [-0.05, 0) is 49.6 Å². The zero-order valence-electron chi connectivity index (χ0n) is 11.3. The number of methoxy groups -OCH3 is 1. The third-order valence-electron chi connectivity index (χ3n) is 3.06. The molecule has 8 heteroatoms. The van der Waals surface area contributed by atoms with Crippen LogP contribution in [0.2, 0.25) is 0 Å².